The first kappa shape index (κ1) is 13.9. The van der Waals surface area contributed by atoms with Crippen LogP contribution < -0.4 is 5.32 Å². The molecule has 2 nitrogen and oxygen atoms in total. The highest BCUT2D eigenvalue weighted by Gasteiger charge is 2.46. The number of nitrogens with zero attached hydrogens (tertiary/aromatic N) is 1. The van der Waals surface area contributed by atoms with E-state index in [4.69, 9.17) is 0 Å². The van der Waals surface area contributed by atoms with Crippen LogP contribution in [0.4, 0.5) is 0 Å². The minimum absolute atomic E-state index is 0.408. The second kappa shape index (κ2) is 5.37. The van der Waals surface area contributed by atoms with Crippen LogP contribution in [0.1, 0.15) is 59.3 Å². The maximum absolute atomic E-state index is 3.89. The van der Waals surface area contributed by atoms with Crippen LogP contribution in [0.15, 0.2) is 0 Å². The molecule has 0 amide bonds. The van der Waals surface area contributed by atoms with Crippen LogP contribution in [-0.4, -0.2) is 36.1 Å². The fraction of sp³-hybridized carbons (Fsp3) is 1.00. The van der Waals surface area contributed by atoms with Gasteiger partial charge in [-0.25, -0.2) is 0 Å². The van der Waals surface area contributed by atoms with Gasteiger partial charge < -0.3 is 5.32 Å². The van der Waals surface area contributed by atoms with Gasteiger partial charge in [0.15, 0.2) is 0 Å². The highest BCUT2D eigenvalue weighted by atomic mass is 15.3. The molecular weight excluding hydrogens is 232 g/mol. The molecule has 3 rings (SSSR count). The van der Waals surface area contributed by atoms with E-state index in [9.17, 15) is 0 Å². The van der Waals surface area contributed by atoms with Crippen molar-refractivity contribution in [3.05, 3.63) is 0 Å². The molecular formula is C17H32N2. The van der Waals surface area contributed by atoms with Crippen molar-refractivity contribution < 1.29 is 0 Å². The van der Waals surface area contributed by atoms with E-state index in [2.05, 4.69) is 31.0 Å². The average Bonchev–Trinajstić information content (AvgIpc) is 3.22. The van der Waals surface area contributed by atoms with Crippen LogP contribution in [0.25, 0.3) is 0 Å². The van der Waals surface area contributed by atoms with Crippen LogP contribution in [-0.2, 0) is 0 Å². The van der Waals surface area contributed by atoms with E-state index in [1.807, 2.05) is 0 Å². The maximum atomic E-state index is 3.89. The van der Waals surface area contributed by atoms with Gasteiger partial charge in [-0.15, -0.1) is 0 Å². The molecule has 0 aromatic heterocycles. The lowest BCUT2D eigenvalue weighted by atomic mass is 9.88. The summed E-state index contributed by atoms with van der Waals surface area (Å²) in [6.45, 7) is 11.1. The van der Waals surface area contributed by atoms with Crippen molar-refractivity contribution in [1.29, 1.82) is 0 Å². The summed E-state index contributed by atoms with van der Waals surface area (Å²) >= 11 is 0. The molecule has 0 bridgehead atoms. The van der Waals surface area contributed by atoms with E-state index in [-0.39, 0.29) is 0 Å². The third kappa shape index (κ3) is 3.33. The SMILES string of the molecule is CC(C)C1CNC(C)(C2CC2)CN1CCCC1CC1. The molecule has 0 spiro atoms. The van der Waals surface area contributed by atoms with Gasteiger partial charge in [0.05, 0.1) is 0 Å². The molecule has 2 aliphatic carbocycles. The molecule has 19 heavy (non-hydrogen) atoms. The van der Waals surface area contributed by atoms with Crippen LogP contribution in [0.2, 0.25) is 0 Å². The van der Waals surface area contributed by atoms with Crippen LogP contribution in [0, 0.1) is 17.8 Å². The Hall–Kier alpha value is -0.0800. The molecule has 2 heteroatoms. The van der Waals surface area contributed by atoms with E-state index in [1.165, 1.54) is 58.2 Å². The predicted octanol–water partition coefficient (Wildman–Crippen LogP) is 3.28. The lowest BCUT2D eigenvalue weighted by Crippen LogP contribution is -2.65. The second-order valence-electron chi connectivity index (χ2n) is 7.94. The van der Waals surface area contributed by atoms with Gasteiger partial charge in [-0.2, -0.15) is 0 Å². The molecule has 0 radical (unpaired) electrons. The summed E-state index contributed by atoms with van der Waals surface area (Å²) in [5.74, 6) is 2.82. The van der Waals surface area contributed by atoms with Crippen molar-refractivity contribution in [1.82, 2.24) is 10.2 Å². The summed E-state index contributed by atoms with van der Waals surface area (Å²) < 4.78 is 0. The first-order chi connectivity index (χ1) is 9.08. The Labute approximate surface area is 119 Å². The van der Waals surface area contributed by atoms with Crippen molar-refractivity contribution in [2.24, 2.45) is 17.8 Å². The molecule has 0 aromatic carbocycles. The zero-order valence-corrected chi connectivity index (χ0v) is 13.1. The Kier molecular flexibility index (Phi) is 3.92. The Morgan fingerprint density at radius 2 is 1.95 bits per heavy atom. The highest BCUT2D eigenvalue weighted by Crippen LogP contribution is 2.42. The van der Waals surface area contributed by atoms with Crippen molar-refractivity contribution in [2.75, 3.05) is 19.6 Å². The summed E-state index contributed by atoms with van der Waals surface area (Å²) in [6.07, 6.45) is 8.82. The van der Waals surface area contributed by atoms with E-state index < -0.39 is 0 Å². The monoisotopic (exact) mass is 264 g/mol. The molecule has 110 valence electrons. The minimum Gasteiger partial charge on any atom is -0.308 e. The Morgan fingerprint density at radius 1 is 1.21 bits per heavy atom. The van der Waals surface area contributed by atoms with E-state index in [1.54, 1.807) is 0 Å². The smallest absolute Gasteiger partial charge is 0.0309 e. The molecule has 0 aromatic rings. The fourth-order valence-electron chi connectivity index (χ4n) is 3.95. The summed E-state index contributed by atoms with van der Waals surface area (Å²) in [6, 6.07) is 0.756. The van der Waals surface area contributed by atoms with Crippen molar-refractivity contribution in [3.63, 3.8) is 0 Å². The normalized spacial score (nSPS) is 36.9. The standard InChI is InChI=1S/C17H32N2/c1-13(2)16-11-18-17(3,15-8-9-15)12-19(16)10-4-5-14-6-7-14/h13-16,18H,4-12H2,1-3H3. The van der Waals surface area contributed by atoms with Gasteiger partial charge in [0.25, 0.3) is 0 Å². The number of hydrogen-bond acceptors (Lipinski definition) is 2. The van der Waals surface area contributed by atoms with Crippen molar-refractivity contribution >= 4 is 0 Å². The van der Waals surface area contributed by atoms with Crippen molar-refractivity contribution in [2.45, 2.75) is 70.9 Å². The fourth-order valence-corrected chi connectivity index (χ4v) is 3.95. The van der Waals surface area contributed by atoms with E-state index in [0.29, 0.717) is 5.54 Å². The Balaban J connectivity index is 1.56. The number of nitrogens with one attached hydrogen (secondary N) is 1. The molecule has 1 saturated heterocycles. The summed E-state index contributed by atoms with van der Waals surface area (Å²) in [4.78, 5) is 2.82. The van der Waals surface area contributed by atoms with Gasteiger partial charge in [-0.1, -0.05) is 26.7 Å². The molecule has 1 heterocycles. The zero-order valence-electron chi connectivity index (χ0n) is 13.1. The number of rotatable bonds is 6. The van der Waals surface area contributed by atoms with Crippen LogP contribution >= 0.6 is 0 Å². The van der Waals surface area contributed by atoms with Gasteiger partial charge in [-0.05, 0) is 56.9 Å². The molecule has 1 aliphatic heterocycles. The molecule has 2 atom stereocenters. The second-order valence-corrected chi connectivity index (χ2v) is 7.94. The third-order valence-corrected chi connectivity index (χ3v) is 5.72. The lowest BCUT2D eigenvalue weighted by Gasteiger charge is -2.48. The number of piperazine rings is 1. The van der Waals surface area contributed by atoms with Crippen LogP contribution in [0.3, 0.4) is 0 Å². The summed E-state index contributed by atoms with van der Waals surface area (Å²) in [5.41, 5.74) is 0.408. The highest BCUT2D eigenvalue weighted by molar-refractivity contribution is 5.04. The van der Waals surface area contributed by atoms with Gasteiger partial charge >= 0.3 is 0 Å². The maximum Gasteiger partial charge on any atom is 0.0309 e. The summed E-state index contributed by atoms with van der Waals surface area (Å²) in [7, 11) is 0. The van der Waals surface area contributed by atoms with E-state index in [0.717, 1.165) is 23.8 Å². The van der Waals surface area contributed by atoms with Crippen molar-refractivity contribution in [3.8, 4) is 0 Å². The molecule has 2 saturated carbocycles. The zero-order chi connectivity index (χ0) is 13.5. The molecule has 3 aliphatic rings. The molecule has 3 fully saturated rings. The first-order valence-electron chi connectivity index (χ1n) is 8.57. The topological polar surface area (TPSA) is 15.3 Å². The largest absolute Gasteiger partial charge is 0.308 e. The molecule has 1 N–H and O–H groups in total. The number of hydrogen-bond donors (Lipinski definition) is 1. The van der Waals surface area contributed by atoms with E-state index >= 15 is 0 Å². The van der Waals surface area contributed by atoms with Gasteiger partial charge in [0, 0.05) is 24.7 Å². The van der Waals surface area contributed by atoms with Gasteiger partial charge in [0.2, 0.25) is 0 Å². The Morgan fingerprint density at radius 3 is 2.53 bits per heavy atom. The van der Waals surface area contributed by atoms with Gasteiger partial charge in [0.1, 0.15) is 0 Å². The van der Waals surface area contributed by atoms with Crippen LogP contribution in [0.5, 0.6) is 0 Å². The molecule has 2 unspecified atom stereocenters. The lowest BCUT2D eigenvalue weighted by molar-refractivity contribution is 0.0509. The first-order valence-corrected chi connectivity index (χ1v) is 8.57. The van der Waals surface area contributed by atoms with Gasteiger partial charge in [-0.3, -0.25) is 4.90 Å². The third-order valence-electron chi connectivity index (χ3n) is 5.72. The average molecular weight is 264 g/mol. The minimum atomic E-state index is 0.408. The predicted molar refractivity (Wildman–Crippen MR) is 81.3 cm³/mol. The summed E-state index contributed by atoms with van der Waals surface area (Å²) in [5, 5.41) is 3.89. The quantitative estimate of drug-likeness (QED) is 0.792. The Bertz CT molecular complexity index is 306.